The topological polar surface area (TPSA) is 80.2 Å². The van der Waals surface area contributed by atoms with E-state index in [1.165, 1.54) is 0 Å². The Morgan fingerprint density at radius 1 is 1.27 bits per heavy atom. The van der Waals surface area contributed by atoms with E-state index in [0.717, 1.165) is 68.0 Å². The van der Waals surface area contributed by atoms with Gasteiger partial charge in [0.05, 0.1) is 17.6 Å². The Hall–Kier alpha value is -2.28. The summed E-state index contributed by atoms with van der Waals surface area (Å²) in [7, 11) is 0. The number of anilines is 1. The first-order valence-corrected chi connectivity index (χ1v) is 9.42. The molecule has 4 rings (SSSR count). The van der Waals surface area contributed by atoms with Gasteiger partial charge in [0.1, 0.15) is 11.6 Å². The maximum absolute atomic E-state index is 12.8. The highest BCUT2D eigenvalue weighted by Crippen LogP contribution is 2.28. The minimum Gasteiger partial charge on any atom is -0.381 e. The van der Waals surface area contributed by atoms with Crippen LogP contribution in [0.1, 0.15) is 31.5 Å². The summed E-state index contributed by atoms with van der Waals surface area (Å²) in [6.07, 6.45) is 7.27. The summed E-state index contributed by atoms with van der Waals surface area (Å²) in [5.41, 5.74) is 0.851. The molecule has 138 valence electrons. The molecule has 0 radical (unpaired) electrons. The highest BCUT2D eigenvalue weighted by atomic mass is 16.5. The number of rotatable bonds is 3. The summed E-state index contributed by atoms with van der Waals surface area (Å²) >= 11 is 0. The highest BCUT2D eigenvalue weighted by molar-refractivity contribution is 5.89. The Bertz CT molecular complexity index is 791. The van der Waals surface area contributed by atoms with Gasteiger partial charge >= 0.3 is 0 Å². The molecule has 1 atom stereocenters. The van der Waals surface area contributed by atoms with Crippen LogP contribution in [0.15, 0.2) is 18.5 Å². The minimum absolute atomic E-state index is 0.00115. The monoisotopic (exact) mass is 355 g/mol. The van der Waals surface area contributed by atoms with Gasteiger partial charge in [0, 0.05) is 43.9 Å². The fraction of sp³-hybridized carbons (Fsp3) is 0.579. The van der Waals surface area contributed by atoms with Crippen LogP contribution in [0.5, 0.6) is 0 Å². The van der Waals surface area contributed by atoms with E-state index in [9.17, 15) is 4.79 Å². The van der Waals surface area contributed by atoms with Gasteiger partial charge in [-0.2, -0.15) is 0 Å². The number of amides is 1. The van der Waals surface area contributed by atoms with Crippen LogP contribution in [0.4, 0.5) is 5.82 Å². The lowest BCUT2D eigenvalue weighted by Gasteiger charge is -2.34. The van der Waals surface area contributed by atoms with Crippen molar-refractivity contribution in [2.75, 3.05) is 31.2 Å². The molecule has 4 heterocycles. The van der Waals surface area contributed by atoms with E-state index < -0.39 is 0 Å². The summed E-state index contributed by atoms with van der Waals surface area (Å²) in [4.78, 5) is 28.3. The summed E-state index contributed by atoms with van der Waals surface area (Å²) < 4.78 is 5.37. The predicted octanol–water partition coefficient (Wildman–Crippen LogP) is 1.84. The van der Waals surface area contributed by atoms with Crippen LogP contribution in [0.25, 0.3) is 10.9 Å². The van der Waals surface area contributed by atoms with Crippen molar-refractivity contribution in [2.24, 2.45) is 5.92 Å². The first-order chi connectivity index (χ1) is 12.7. The number of aryl methyl sites for hydroxylation is 1. The van der Waals surface area contributed by atoms with Crippen molar-refractivity contribution in [3.05, 3.63) is 24.3 Å². The van der Waals surface area contributed by atoms with Gasteiger partial charge in [-0.05, 0) is 38.7 Å². The van der Waals surface area contributed by atoms with Crippen LogP contribution >= 0.6 is 0 Å². The Morgan fingerprint density at radius 2 is 2.12 bits per heavy atom. The molecule has 7 nitrogen and oxygen atoms in total. The van der Waals surface area contributed by atoms with Gasteiger partial charge in [-0.15, -0.1) is 0 Å². The van der Waals surface area contributed by atoms with Crippen LogP contribution in [0.3, 0.4) is 0 Å². The molecule has 1 N–H and O–H groups in total. The van der Waals surface area contributed by atoms with E-state index in [1.54, 1.807) is 12.4 Å². The smallest absolute Gasteiger partial charge is 0.225 e. The van der Waals surface area contributed by atoms with Crippen LogP contribution in [-0.4, -0.2) is 53.2 Å². The van der Waals surface area contributed by atoms with Gasteiger partial charge in [-0.25, -0.2) is 9.97 Å². The fourth-order valence-electron chi connectivity index (χ4n) is 3.86. The molecular formula is C19H25N5O2. The van der Waals surface area contributed by atoms with E-state index in [4.69, 9.17) is 4.74 Å². The molecule has 2 fully saturated rings. The highest BCUT2D eigenvalue weighted by Gasteiger charge is 2.29. The number of fused-ring (bicyclic) bond motifs is 1. The van der Waals surface area contributed by atoms with E-state index in [0.29, 0.717) is 6.54 Å². The van der Waals surface area contributed by atoms with Crippen LogP contribution in [0, 0.1) is 12.8 Å². The quantitative estimate of drug-likeness (QED) is 0.905. The third kappa shape index (κ3) is 3.62. The van der Waals surface area contributed by atoms with E-state index in [1.807, 2.05) is 13.0 Å². The molecule has 1 unspecified atom stereocenters. The zero-order valence-electron chi connectivity index (χ0n) is 15.1. The van der Waals surface area contributed by atoms with Crippen molar-refractivity contribution < 1.29 is 9.53 Å². The average molecular weight is 355 g/mol. The third-order valence-corrected chi connectivity index (χ3v) is 5.25. The molecule has 1 amide bonds. The minimum atomic E-state index is -0.00115. The number of aromatic nitrogens is 3. The first-order valence-electron chi connectivity index (χ1n) is 9.42. The zero-order valence-corrected chi connectivity index (χ0v) is 15.1. The lowest BCUT2D eigenvalue weighted by atomic mass is 9.96. The van der Waals surface area contributed by atoms with Gasteiger partial charge < -0.3 is 15.0 Å². The molecule has 2 aromatic heterocycles. The largest absolute Gasteiger partial charge is 0.381 e. The zero-order chi connectivity index (χ0) is 17.9. The first kappa shape index (κ1) is 17.1. The Balaban J connectivity index is 1.51. The van der Waals surface area contributed by atoms with Crippen LogP contribution in [-0.2, 0) is 9.53 Å². The lowest BCUT2D eigenvalue weighted by molar-refractivity contribution is -0.126. The molecule has 2 aromatic rings. The number of pyridine rings is 1. The second-order valence-corrected chi connectivity index (χ2v) is 7.17. The number of piperidine rings is 1. The van der Waals surface area contributed by atoms with Gasteiger partial charge in [0.15, 0.2) is 0 Å². The van der Waals surface area contributed by atoms with Gasteiger partial charge in [0.2, 0.25) is 5.91 Å². The number of hydrogen-bond donors (Lipinski definition) is 1. The lowest BCUT2D eigenvalue weighted by Crippen LogP contribution is -2.47. The molecule has 0 saturated carbocycles. The molecule has 2 aliphatic rings. The molecule has 26 heavy (non-hydrogen) atoms. The fourth-order valence-corrected chi connectivity index (χ4v) is 3.86. The number of ether oxygens (including phenoxy) is 1. The maximum Gasteiger partial charge on any atom is 0.225 e. The SMILES string of the molecule is Cc1nc(N2CCCC(C(=O)NC3CCOCC3)C2)c2ccncc2n1. The van der Waals surface area contributed by atoms with Crippen molar-refractivity contribution in [3.8, 4) is 0 Å². The number of hydrogen-bond acceptors (Lipinski definition) is 6. The number of nitrogens with zero attached hydrogens (tertiary/aromatic N) is 4. The summed E-state index contributed by atoms with van der Waals surface area (Å²) in [6, 6.07) is 2.20. The average Bonchev–Trinajstić information content (AvgIpc) is 2.68. The number of nitrogens with one attached hydrogen (secondary N) is 1. The Morgan fingerprint density at radius 3 is 2.96 bits per heavy atom. The second-order valence-electron chi connectivity index (χ2n) is 7.17. The molecule has 0 bridgehead atoms. The van der Waals surface area contributed by atoms with Crippen LogP contribution in [0.2, 0.25) is 0 Å². The molecule has 0 aromatic carbocycles. The molecule has 7 heteroatoms. The van der Waals surface area contributed by atoms with Crippen molar-refractivity contribution >= 4 is 22.6 Å². The number of carbonyl (C=O) groups is 1. The number of carbonyl (C=O) groups excluding carboxylic acids is 1. The van der Waals surface area contributed by atoms with Crippen molar-refractivity contribution in [1.82, 2.24) is 20.3 Å². The summed E-state index contributed by atoms with van der Waals surface area (Å²) in [6.45, 7) is 4.98. The van der Waals surface area contributed by atoms with Crippen LogP contribution < -0.4 is 10.2 Å². The van der Waals surface area contributed by atoms with Crippen molar-refractivity contribution in [2.45, 2.75) is 38.6 Å². The predicted molar refractivity (Wildman–Crippen MR) is 99.0 cm³/mol. The van der Waals surface area contributed by atoms with Crippen molar-refractivity contribution in [3.63, 3.8) is 0 Å². The van der Waals surface area contributed by atoms with Gasteiger partial charge in [0.25, 0.3) is 0 Å². The van der Waals surface area contributed by atoms with Gasteiger partial charge in [-0.1, -0.05) is 0 Å². The van der Waals surface area contributed by atoms with Gasteiger partial charge in [-0.3, -0.25) is 9.78 Å². The molecule has 0 spiro atoms. The van der Waals surface area contributed by atoms with Crippen molar-refractivity contribution in [1.29, 1.82) is 0 Å². The standard InChI is InChI=1S/C19H25N5O2/c1-13-21-17-11-20-7-4-16(17)18(22-13)24-8-2-3-14(12-24)19(25)23-15-5-9-26-10-6-15/h4,7,11,14-15H,2-3,5-6,8-10,12H2,1H3,(H,23,25). The summed E-state index contributed by atoms with van der Waals surface area (Å²) in [5, 5.41) is 4.22. The Labute approximate surface area is 153 Å². The molecule has 0 aliphatic carbocycles. The normalized spacial score (nSPS) is 21.7. The third-order valence-electron chi connectivity index (χ3n) is 5.25. The molecule has 2 aliphatic heterocycles. The Kier molecular flexibility index (Phi) is 4.97. The van der Waals surface area contributed by atoms with E-state index in [2.05, 4.69) is 25.2 Å². The molecular weight excluding hydrogens is 330 g/mol. The molecule has 2 saturated heterocycles. The van der Waals surface area contributed by atoms with E-state index >= 15 is 0 Å². The maximum atomic E-state index is 12.8. The summed E-state index contributed by atoms with van der Waals surface area (Å²) in [5.74, 6) is 1.81. The second kappa shape index (κ2) is 7.53. The van der Waals surface area contributed by atoms with E-state index in [-0.39, 0.29) is 17.9 Å².